The maximum atomic E-state index is 11.5. The van der Waals surface area contributed by atoms with Crippen LogP contribution in [0.2, 0.25) is 0 Å². The summed E-state index contributed by atoms with van der Waals surface area (Å²) in [5.74, 6) is -0.955. The van der Waals surface area contributed by atoms with Gasteiger partial charge >= 0.3 is 5.97 Å². The second-order valence-electron chi connectivity index (χ2n) is 5.33. The molecule has 0 radical (unpaired) electrons. The van der Waals surface area contributed by atoms with Crippen molar-refractivity contribution in [1.29, 1.82) is 0 Å². The molecule has 1 aliphatic heterocycles. The lowest BCUT2D eigenvalue weighted by atomic mass is 9.96. The van der Waals surface area contributed by atoms with Gasteiger partial charge < -0.3 is 14.2 Å². The Morgan fingerprint density at radius 3 is 2.44 bits per heavy atom. The van der Waals surface area contributed by atoms with Crippen molar-refractivity contribution in [2.45, 2.75) is 58.5 Å². The van der Waals surface area contributed by atoms with E-state index in [-0.39, 0.29) is 23.8 Å². The van der Waals surface area contributed by atoms with E-state index in [2.05, 4.69) is 4.74 Å². The van der Waals surface area contributed by atoms with Crippen molar-refractivity contribution in [2.24, 2.45) is 5.92 Å². The molecule has 0 bridgehead atoms. The van der Waals surface area contributed by atoms with Crippen LogP contribution >= 0.6 is 0 Å². The van der Waals surface area contributed by atoms with Crippen LogP contribution in [0.4, 0.5) is 0 Å². The minimum atomic E-state index is -0.744. The summed E-state index contributed by atoms with van der Waals surface area (Å²) >= 11 is 0. The van der Waals surface area contributed by atoms with E-state index >= 15 is 0 Å². The van der Waals surface area contributed by atoms with Gasteiger partial charge in [-0.15, -0.1) is 0 Å². The Morgan fingerprint density at radius 2 is 1.94 bits per heavy atom. The Kier molecular flexibility index (Phi) is 4.87. The molecule has 0 unspecified atom stereocenters. The van der Waals surface area contributed by atoms with E-state index in [1.807, 2.05) is 6.92 Å². The molecule has 18 heavy (non-hydrogen) atoms. The van der Waals surface area contributed by atoms with Gasteiger partial charge in [0.25, 0.3) is 0 Å². The summed E-state index contributed by atoms with van der Waals surface area (Å²) < 4.78 is 15.9. The fraction of sp³-hybridized carbons (Fsp3) is 0.846. The van der Waals surface area contributed by atoms with E-state index in [9.17, 15) is 9.59 Å². The molecule has 0 aromatic heterocycles. The van der Waals surface area contributed by atoms with Gasteiger partial charge in [0.15, 0.2) is 11.6 Å². The van der Waals surface area contributed by atoms with E-state index in [0.29, 0.717) is 12.8 Å². The fourth-order valence-electron chi connectivity index (χ4n) is 2.20. The first-order chi connectivity index (χ1) is 8.25. The number of Topliss-reactive ketones (excluding diaryl/α,β-unsaturated/α-hetero) is 1. The Balaban J connectivity index is 2.59. The first-order valence-electron chi connectivity index (χ1n) is 6.18. The second-order valence-corrected chi connectivity index (χ2v) is 5.33. The quantitative estimate of drug-likeness (QED) is 0.702. The topological polar surface area (TPSA) is 61.8 Å². The van der Waals surface area contributed by atoms with Gasteiger partial charge in [0, 0.05) is 6.42 Å². The maximum Gasteiger partial charge on any atom is 0.305 e. The van der Waals surface area contributed by atoms with Gasteiger partial charge in [-0.2, -0.15) is 0 Å². The third kappa shape index (κ3) is 4.07. The van der Waals surface area contributed by atoms with E-state index in [4.69, 9.17) is 9.47 Å². The first-order valence-corrected chi connectivity index (χ1v) is 6.18. The average Bonchev–Trinajstić information content (AvgIpc) is 2.53. The molecule has 0 aromatic rings. The predicted molar refractivity (Wildman–Crippen MR) is 64.9 cm³/mol. The number of hydrogen-bond acceptors (Lipinski definition) is 5. The zero-order valence-corrected chi connectivity index (χ0v) is 11.7. The Morgan fingerprint density at radius 1 is 1.33 bits per heavy atom. The Hall–Kier alpha value is -0.940. The molecule has 1 heterocycles. The largest absolute Gasteiger partial charge is 0.469 e. The number of carbonyl (C=O) groups is 2. The lowest BCUT2D eigenvalue weighted by molar-refractivity contribution is -0.154. The number of hydrogen-bond donors (Lipinski definition) is 0. The normalized spacial score (nSPS) is 27.8. The van der Waals surface area contributed by atoms with Crippen molar-refractivity contribution in [1.82, 2.24) is 0 Å². The summed E-state index contributed by atoms with van der Waals surface area (Å²) in [5, 5.41) is 0. The zero-order chi connectivity index (χ0) is 13.9. The van der Waals surface area contributed by atoms with E-state index in [1.54, 1.807) is 13.8 Å². The van der Waals surface area contributed by atoms with Crippen LogP contribution in [0.5, 0.6) is 0 Å². The molecule has 3 atom stereocenters. The number of ketones is 1. The van der Waals surface area contributed by atoms with Crippen molar-refractivity contribution in [2.75, 3.05) is 7.11 Å². The van der Waals surface area contributed by atoms with Gasteiger partial charge in [-0.25, -0.2) is 0 Å². The van der Waals surface area contributed by atoms with Gasteiger partial charge in [-0.3, -0.25) is 9.59 Å². The summed E-state index contributed by atoms with van der Waals surface area (Å²) in [6.07, 6.45) is 0.0849. The van der Waals surface area contributed by atoms with Crippen LogP contribution in [0.25, 0.3) is 0 Å². The van der Waals surface area contributed by atoms with Crippen molar-refractivity contribution in [3.05, 3.63) is 0 Å². The molecule has 0 saturated carbocycles. The van der Waals surface area contributed by atoms with Crippen LogP contribution in [0.15, 0.2) is 0 Å². The molecule has 5 heteroatoms. The summed E-state index contributed by atoms with van der Waals surface area (Å²) in [6, 6.07) is 0. The minimum absolute atomic E-state index is 0.0455. The first kappa shape index (κ1) is 15.1. The third-order valence-corrected chi connectivity index (χ3v) is 2.96. The van der Waals surface area contributed by atoms with Crippen LogP contribution in [0.3, 0.4) is 0 Å². The minimum Gasteiger partial charge on any atom is -0.469 e. The standard InChI is InChI=1S/C13H22O5/c1-8(7-11(15)16-5)6-10-12(9(2)14)18-13(3,4)17-10/h8,10,12H,6-7H2,1-5H3/t8-,10+,12-/m0/s1. The van der Waals surface area contributed by atoms with Crippen molar-refractivity contribution < 1.29 is 23.8 Å². The molecular formula is C13H22O5. The second kappa shape index (κ2) is 5.80. The third-order valence-electron chi connectivity index (χ3n) is 2.96. The molecule has 1 saturated heterocycles. The van der Waals surface area contributed by atoms with E-state index in [1.165, 1.54) is 14.0 Å². The SMILES string of the molecule is COC(=O)C[C@@H](C)C[C@H]1OC(C)(C)O[C@H]1C(C)=O. The molecule has 1 aliphatic rings. The van der Waals surface area contributed by atoms with Crippen molar-refractivity contribution in [3.8, 4) is 0 Å². The molecule has 1 fully saturated rings. The fourth-order valence-corrected chi connectivity index (χ4v) is 2.20. The smallest absolute Gasteiger partial charge is 0.305 e. The lowest BCUT2D eigenvalue weighted by Crippen LogP contribution is -2.31. The molecule has 0 N–H and O–H groups in total. The molecule has 104 valence electrons. The Labute approximate surface area is 108 Å². The van der Waals surface area contributed by atoms with E-state index < -0.39 is 11.9 Å². The molecule has 1 rings (SSSR count). The molecule has 0 aromatic carbocycles. The number of carbonyl (C=O) groups excluding carboxylic acids is 2. The molecule has 0 aliphatic carbocycles. The highest BCUT2D eigenvalue weighted by Crippen LogP contribution is 2.32. The number of rotatable bonds is 5. The number of esters is 1. The van der Waals surface area contributed by atoms with Gasteiger partial charge in [0.1, 0.15) is 6.10 Å². The van der Waals surface area contributed by atoms with Gasteiger partial charge in [-0.1, -0.05) is 6.92 Å². The van der Waals surface area contributed by atoms with Crippen LogP contribution in [-0.4, -0.2) is 36.9 Å². The summed E-state index contributed by atoms with van der Waals surface area (Å²) in [6.45, 7) is 7.00. The molecule has 0 amide bonds. The predicted octanol–water partition coefficient (Wildman–Crippen LogP) is 1.68. The van der Waals surface area contributed by atoms with Crippen LogP contribution < -0.4 is 0 Å². The summed E-state index contributed by atoms with van der Waals surface area (Å²) in [7, 11) is 1.37. The Bertz CT molecular complexity index is 323. The van der Waals surface area contributed by atoms with Gasteiger partial charge in [0.2, 0.25) is 0 Å². The van der Waals surface area contributed by atoms with Crippen LogP contribution in [0, 0.1) is 5.92 Å². The summed E-state index contributed by atoms with van der Waals surface area (Å²) in [4.78, 5) is 22.7. The van der Waals surface area contributed by atoms with E-state index in [0.717, 1.165) is 0 Å². The summed E-state index contributed by atoms with van der Waals surface area (Å²) in [5.41, 5.74) is 0. The highest BCUT2D eigenvalue weighted by atomic mass is 16.8. The molecular weight excluding hydrogens is 236 g/mol. The number of ether oxygens (including phenoxy) is 3. The average molecular weight is 258 g/mol. The van der Waals surface area contributed by atoms with Crippen LogP contribution in [0.1, 0.15) is 40.5 Å². The lowest BCUT2D eigenvalue weighted by Gasteiger charge is -2.19. The molecule has 5 nitrogen and oxygen atoms in total. The highest BCUT2D eigenvalue weighted by molar-refractivity contribution is 5.81. The van der Waals surface area contributed by atoms with Crippen LogP contribution in [-0.2, 0) is 23.8 Å². The van der Waals surface area contributed by atoms with Gasteiger partial charge in [-0.05, 0) is 33.1 Å². The zero-order valence-electron chi connectivity index (χ0n) is 11.7. The number of methoxy groups -OCH3 is 1. The van der Waals surface area contributed by atoms with Crippen molar-refractivity contribution in [3.63, 3.8) is 0 Å². The molecule has 0 spiro atoms. The highest BCUT2D eigenvalue weighted by Gasteiger charge is 2.43. The van der Waals surface area contributed by atoms with Gasteiger partial charge in [0.05, 0.1) is 13.2 Å². The monoisotopic (exact) mass is 258 g/mol. The maximum absolute atomic E-state index is 11.5. The van der Waals surface area contributed by atoms with Crippen molar-refractivity contribution >= 4 is 11.8 Å².